The predicted molar refractivity (Wildman–Crippen MR) is 205 cm³/mol. The number of aromatic carboxylic acids is 1. The summed E-state index contributed by atoms with van der Waals surface area (Å²) in [6, 6.07) is 13.8. The number of carbonyl (C=O) groups excluding carboxylic acids is 1. The minimum atomic E-state index is -4.46. The van der Waals surface area contributed by atoms with Crippen molar-refractivity contribution in [3.63, 3.8) is 0 Å². The van der Waals surface area contributed by atoms with Crippen molar-refractivity contribution in [2.24, 2.45) is 23.5 Å². The van der Waals surface area contributed by atoms with Gasteiger partial charge in [0.1, 0.15) is 4.88 Å². The molecule has 2 aromatic heterocycles. The van der Waals surface area contributed by atoms with E-state index in [1.165, 1.54) is 85.7 Å². The number of hydrogen-bond donors (Lipinski definition) is 2. The SMILES string of the molecule is CC1(C)[C@@H](N)C2CCN1CC2.Cc1cccc2cc(C(=O)C[C@H]3C4CCN(CC4)C3(C)C)sc12.Cl.O=C(O)c1cc2cccc(C(F)(F)F)c2s1. The van der Waals surface area contributed by atoms with Crippen LogP contribution in [0.3, 0.4) is 0 Å². The molecule has 6 fully saturated rings. The highest BCUT2D eigenvalue weighted by Crippen LogP contribution is 2.46. The van der Waals surface area contributed by atoms with E-state index in [1.54, 1.807) is 11.3 Å². The molecular formula is C39H49ClF3N3O3S2. The summed E-state index contributed by atoms with van der Waals surface area (Å²) in [6.07, 6.45) is 1.44. The van der Waals surface area contributed by atoms with E-state index in [0.29, 0.717) is 40.9 Å². The Morgan fingerprint density at radius 2 is 1.33 bits per heavy atom. The molecule has 0 saturated carbocycles. The Morgan fingerprint density at radius 1 is 0.824 bits per heavy atom. The molecule has 4 aromatic rings. The quantitative estimate of drug-likeness (QED) is 0.201. The first kappa shape index (κ1) is 39.7. The lowest BCUT2D eigenvalue weighted by Gasteiger charge is -2.56. The van der Waals surface area contributed by atoms with Gasteiger partial charge in [0, 0.05) is 32.9 Å². The fraction of sp³-hybridized carbons (Fsp3) is 0.538. The summed E-state index contributed by atoms with van der Waals surface area (Å²) in [5.74, 6) is 1.17. The Labute approximate surface area is 312 Å². The molecule has 2 aromatic carbocycles. The first-order valence-electron chi connectivity index (χ1n) is 17.6. The first-order valence-corrected chi connectivity index (χ1v) is 19.2. The Balaban J connectivity index is 0.000000157. The van der Waals surface area contributed by atoms with Gasteiger partial charge in [0.05, 0.1) is 10.4 Å². The number of nitrogens with two attached hydrogens (primary N) is 1. The zero-order valence-corrected chi connectivity index (χ0v) is 32.3. The summed E-state index contributed by atoms with van der Waals surface area (Å²) in [5, 5.41) is 10.2. The monoisotopic (exact) mass is 763 g/mol. The zero-order chi connectivity index (χ0) is 36.2. The molecule has 4 bridgehead atoms. The maximum absolute atomic E-state index is 12.9. The molecule has 0 unspecified atom stereocenters. The Hall–Kier alpha value is -2.54. The van der Waals surface area contributed by atoms with Gasteiger partial charge in [0.2, 0.25) is 0 Å². The standard InChI is InChI=1S/C20H25NOS.C10H5F3O2S.C9H18N2.ClH/c1-13-5-4-6-15-11-18(23-19(13)15)17(22)12-16-14-7-9-21(10-8-14)20(16,2)3;11-10(12,13)6-3-1-2-5-4-7(9(14)15)16-8(5)6;1-9(2)8(10)7-3-5-11(9)6-4-7;/h4-6,11,14,16H,7-10,12H2,1-3H3;1-4H,(H,14,15);7-8H,3-6,10H2,1-2H3;1H/t16-;;8-;/m0.0./s1. The number of halogens is 4. The van der Waals surface area contributed by atoms with Crippen molar-refractivity contribution >= 4 is 67.0 Å². The number of aryl methyl sites for hydroxylation is 1. The third kappa shape index (κ3) is 7.89. The lowest BCUT2D eigenvalue weighted by molar-refractivity contribution is -0.136. The summed E-state index contributed by atoms with van der Waals surface area (Å²) >= 11 is 2.32. The van der Waals surface area contributed by atoms with E-state index < -0.39 is 17.7 Å². The van der Waals surface area contributed by atoms with Gasteiger partial charge < -0.3 is 10.8 Å². The van der Waals surface area contributed by atoms with Crippen LogP contribution in [-0.4, -0.2) is 70.0 Å². The highest BCUT2D eigenvalue weighted by Gasteiger charge is 2.48. The van der Waals surface area contributed by atoms with Gasteiger partial charge in [-0.2, -0.15) is 13.2 Å². The van der Waals surface area contributed by atoms with Gasteiger partial charge in [-0.25, -0.2) is 4.79 Å². The van der Waals surface area contributed by atoms with Crippen molar-refractivity contribution in [1.82, 2.24) is 9.80 Å². The number of nitrogens with zero attached hydrogens (tertiary/aromatic N) is 2. The average Bonchev–Trinajstić information content (AvgIpc) is 3.72. The van der Waals surface area contributed by atoms with Crippen LogP contribution in [0.25, 0.3) is 20.2 Å². The van der Waals surface area contributed by atoms with Crippen molar-refractivity contribution in [2.75, 3.05) is 26.2 Å². The second kappa shape index (κ2) is 15.1. The minimum absolute atomic E-state index is 0. The maximum atomic E-state index is 12.9. The molecule has 0 amide bonds. The first-order chi connectivity index (χ1) is 23.5. The van der Waals surface area contributed by atoms with Crippen molar-refractivity contribution < 1.29 is 27.9 Å². The number of thiophene rings is 2. The number of carboxylic acids is 1. The fourth-order valence-corrected chi connectivity index (χ4v) is 10.9. The molecule has 10 rings (SSSR count). The molecule has 51 heavy (non-hydrogen) atoms. The van der Waals surface area contributed by atoms with Crippen LogP contribution in [0.4, 0.5) is 13.2 Å². The van der Waals surface area contributed by atoms with Crippen LogP contribution in [0.1, 0.15) is 90.3 Å². The Morgan fingerprint density at radius 3 is 1.82 bits per heavy atom. The van der Waals surface area contributed by atoms with Crippen LogP contribution in [0.15, 0.2) is 48.5 Å². The Bertz CT molecular complexity index is 1870. The second-order valence-corrected chi connectivity index (χ2v) is 17.6. The van der Waals surface area contributed by atoms with Crippen molar-refractivity contribution in [3.8, 4) is 0 Å². The van der Waals surface area contributed by atoms with Gasteiger partial charge in [-0.05, 0) is 139 Å². The van der Waals surface area contributed by atoms with Crippen molar-refractivity contribution in [3.05, 3.63) is 69.4 Å². The molecule has 6 saturated heterocycles. The molecule has 12 heteroatoms. The van der Waals surface area contributed by atoms with E-state index in [0.717, 1.165) is 22.8 Å². The lowest BCUT2D eigenvalue weighted by Crippen LogP contribution is -2.67. The maximum Gasteiger partial charge on any atom is 0.417 e. The number of Topliss-reactive ketones (excluding diaryl/α,β-unsaturated/α-hetero) is 1. The third-order valence-corrected chi connectivity index (χ3v) is 14.5. The van der Waals surface area contributed by atoms with Crippen LogP contribution in [0.5, 0.6) is 0 Å². The molecular weight excluding hydrogens is 715 g/mol. The molecule has 0 radical (unpaired) electrons. The van der Waals surface area contributed by atoms with Gasteiger partial charge in [-0.3, -0.25) is 14.6 Å². The van der Waals surface area contributed by atoms with Crippen LogP contribution >= 0.6 is 35.1 Å². The number of hydrogen-bond acceptors (Lipinski definition) is 7. The topological polar surface area (TPSA) is 86.9 Å². The third-order valence-electron chi connectivity index (χ3n) is 12.0. The summed E-state index contributed by atoms with van der Waals surface area (Å²) in [5.41, 5.74) is 7.07. The number of alkyl halides is 3. The number of benzene rings is 2. The molecule has 2 atom stereocenters. The van der Waals surface area contributed by atoms with E-state index in [4.69, 9.17) is 10.8 Å². The van der Waals surface area contributed by atoms with Gasteiger partial charge >= 0.3 is 12.1 Å². The summed E-state index contributed by atoms with van der Waals surface area (Å²) < 4.78 is 39.0. The summed E-state index contributed by atoms with van der Waals surface area (Å²) in [4.78, 5) is 29.6. The van der Waals surface area contributed by atoms with Crippen LogP contribution < -0.4 is 5.73 Å². The van der Waals surface area contributed by atoms with Gasteiger partial charge in [-0.15, -0.1) is 35.1 Å². The molecule has 0 spiro atoms. The Kier molecular flexibility index (Phi) is 11.7. The number of carbonyl (C=O) groups is 2. The van der Waals surface area contributed by atoms with E-state index in [2.05, 4.69) is 68.7 Å². The molecule has 278 valence electrons. The van der Waals surface area contributed by atoms with Gasteiger partial charge in [0.15, 0.2) is 5.78 Å². The second-order valence-electron chi connectivity index (χ2n) is 15.5. The minimum Gasteiger partial charge on any atom is -0.477 e. The van der Waals surface area contributed by atoms with Crippen molar-refractivity contribution in [1.29, 1.82) is 0 Å². The van der Waals surface area contributed by atoms with E-state index >= 15 is 0 Å². The highest BCUT2D eigenvalue weighted by atomic mass is 35.5. The normalized spacial score (nSPS) is 27.2. The number of piperidine rings is 6. The molecule has 6 aliphatic heterocycles. The van der Waals surface area contributed by atoms with Gasteiger partial charge in [-0.1, -0.05) is 30.3 Å². The van der Waals surface area contributed by atoms with E-state index in [1.807, 2.05) is 0 Å². The smallest absolute Gasteiger partial charge is 0.417 e. The lowest BCUT2D eigenvalue weighted by atomic mass is 9.65. The van der Waals surface area contributed by atoms with Crippen LogP contribution in [-0.2, 0) is 6.18 Å². The number of carboxylic acid groups (broad SMARTS) is 1. The number of ketones is 1. The summed E-state index contributed by atoms with van der Waals surface area (Å²) in [6.45, 7) is 16.3. The van der Waals surface area contributed by atoms with E-state index in [9.17, 15) is 22.8 Å². The molecule has 6 aliphatic rings. The highest BCUT2D eigenvalue weighted by molar-refractivity contribution is 7.21. The average molecular weight is 764 g/mol. The van der Waals surface area contributed by atoms with Crippen LogP contribution in [0, 0.1) is 24.7 Å². The largest absolute Gasteiger partial charge is 0.477 e. The zero-order valence-electron chi connectivity index (χ0n) is 29.9. The molecule has 6 nitrogen and oxygen atoms in total. The molecule has 0 aliphatic carbocycles. The van der Waals surface area contributed by atoms with Crippen molar-refractivity contribution in [2.45, 2.75) is 90.0 Å². The molecule has 8 heterocycles. The fourth-order valence-electron chi connectivity index (χ4n) is 8.77. The van der Waals surface area contributed by atoms with E-state index in [-0.39, 0.29) is 33.1 Å². The molecule has 3 N–H and O–H groups in total. The number of fused-ring (bicyclic) bond motifs is 8. The number of rotatable bonds is 4. The van der Waals surface area contributed by atoms with Crippen LogP contribution in [0.2, 0.25) is 0 Å². The van der Waals surface area contributed by atoms with Gasteiger partial charge in [0.25, 0.3) is 0 Å². The predicted octanol–water partition coefficient (Wildman–Crippen LogP) is 9.76. The summed E-state index contributed by atoms with van der Waals surface area (Å²) in [7, 11) is 0.